The number of hydrogen-bond donors (Lipinski definition) is 1. The van der Waals surface area contributed by atoms with Crippen molar-refractivity contribution in [3.05, 3.63) is 34.4 Å². The second-order valence-corrected chi connectivity index (χ2v) is 5.98. The predicted molar refractivity (Wildman–Crippen MR) is 72.2 cm³/mol. The molecule has 0 bridgehead atoms. The maximum atomic E-state index is 10.9. The van der Waals surface area contributed by atoms with Crippen molar-refractivity contribution < 1.29 is 5.11 Å². The van der Waals surface area contributed by atoms with Crippen molar-refractivity contribution in [1.29, 1.82) is 0 Å². The first-order chi connectivity index (χ1) is 7.92. The van der Waals surface area contributed by atoms with E-state index in [0.717, 1.165) is 24.8 Å². The maximum absolute atomic E-state index is 10.9. The second-order valence-electron chi connectivity index (χ2n) is 5.98. The summed E-state index contributed by atoms with van der Waals surface area (Å²) in [6.07, 6.45) is 4.23. The Morgan fingerprint density at radius 1 is 1.12 bits per heavy atom. The summed E-state index contributed by atoms with van der Waals surface area (Å²) in [5.41, 5.74) is 4.42. The highest BCUT2D eigenvalue weighted by Gasteiger charge is 2.35. The molecule has 1 aliphatic carbocycles. The van der Waals surface area contributed by atoms with Gasteiger partial charge in [-0.15, -0.1) is 0 Å². The third kappa shape index (κ3) is 2.40. The molecule has 1 fully saturated rings. The van der Waals surface area contributed by atoms with Crippen molar-refractivity contribution in [2.24, 2.45) is 5.92 Å². The van der Waals surface area contributed by atoms with E-state index in [9.17, 15) is 5.11 Å². The van der Waals surface area contributed by atoms with Gasteiger partial charge >= 0.3 is 0 Å². The van der Waals surface area contributed by atoms with Crippen LogP contribution in [-0.4, -0.2) is 5.11 Å². The molecule has 1 N–H and O–H groups in total. The van der Waals surface area contributed by atoms with Gasteiger partial charge in [-0.25, -0.2) is 0 Å². The van der Waals surface area contributed by atoms with Crippen molar-refractivity contribution in [1.82, 2.24) is 0 Å². The molecule has 0 aromatic heterocycles. The summed E-state index contributed by atoms with van der Waals surface area (Å²) in [5.74, 6) is 0.634. The first-order valence-corrected chi connectivity index (χ1v) is 6.73. The Labute approximate surface area is 105 Å². The molecule has 1 heteroatoms. The lowest BCUT2D eigenvalue weighted by Crippen LogP contribution is -2.32. The van der Waals surface area contributed by atoms with E-state index in [-0.39, 0.29) is 0 Å². The Bertz CT molecular complexity index is 422. The largest absolute Gasteiger partial charge is 0.385 e. The fourth-order valence-electron chi connectivity index (χ4n) is 3.23. The van der Waals surface area contributed by atoms with Gasteiger partial charge in [0.1, 0.15) is 0 Å². The van der Waals surface area contributed by atoms with Gasteiger partial charge in [0, 0.05) is 0 Å². The van der Waals surface area contributed by atoms with Crippen LogP contribution >= 0.6 is 0 Å². The average Bonchev–Trinajstić information content (AvgIpc) is 2.23. The summed E-state index contributed by atoms with van der Waals surface area (Å²) in [6.45, 7) is 8.65. The van der Waals surface area contributed by atoms with Crippen molar-refractivity contribution in [2.45, 2.75) is 59.0 Å². The quantitative estimate of drug-likeness (QED) is 0.775. The lowest BCUT2D eigenvalue weighted by molar-refractivity contribution is -0.0184. The van der Waals surface area contributed by atoms with Gasteiger partial charge in [-0.1, -0.05) is 25.5 Å². The van der Waals surface area contributed by atoms with Gasteiger partial charge in [-0.3, -0.25) is 0 Å². The van der Waals surface area contributed by atoms with Crippen LogP contribution in [0.1, 0.15) is 54.9 Å². The number of benzene rings is 1. The SMILES string of the molecule is Cc1cc(C)c(C2(O)CCCC(C)C2)cc1C. The van der Waals surface area contributed by atoms with Crippen LogP contribution in [0.2, 0.25) is 0 Å². The van der Waals surface area contributed by atoms with Crippen molar-refractivity contribution in [2.75, 3.05) is 0 Å². The fraction of sp³-hybridized carbons (Fsp3) is 0.625. The Kier molecular flexibility index (Phi) is 3.31. The molecule has 94 valence electrons. The highest BCUT2D eigenvalue weighted by Crippen LogP contribution is 2.41. The Morgan fingerprint density at radius 2 is 1.76 bits per heavy atom. The van der Waals surface area contributed by atoms with Gasteiger partial charge in [0.25, 0.3) is 0 Å². The third-order valence-electron chi connectivity index (χ3n) is 4.32. The van der Waals surface area contributed by atoms with Crippen LogP contribution in [-0.2, 0) is 5.60 Å². The van der Waals surface area contributed by atoms with E-state index in [1.54, 1.807) is 0 Å². The summed E-state index contributed by atoms with van der Waals surface area (Å²) in [4.78, 5) is 0. The maximum Gasteiger partial charge on any atom is 0.0901 e. The minimum absolute atomic E-state index is 0.583. The molecular formula is C16H24O. The highest BCUT2D eigenvalue weighted by molar-refractivity contribution is 5.40. The van der Waals surface area contributed by atoms with Crippen LogP contribution in [0, 0.1) is 26.7 Å². The predicted octanol–water partition coefficient (Wildman–Crippen LogP) is 4.01. The molecule has 1 aromatic rings. The van der Waals surface area contributed by atoms with Gasteiger partial charge in [0.15, 0.2) is 0 Å². The van der Waals surface area contributed by atoms with E-state index in [1.807, 2.05) is 0 Å². The minimum atomic E-state index is -0.583. The first-order valence-electron chi connectivity index (χ1n) is 6.73. The molecule has 0 amide bonds. The van der Waals surface area contributed by atoms with Gasteiger partial charge < -0.3 is 5.11 Å². The molecule has 0 radical (unpaired) electrons. The van der Waals surface area contributed by atoms with Crippen LogP contribution in [0.3, 0.4) is 0 Å². The van der Waals surface area contributed by atoms with Crippen LogP contribution in [0.15, 0.2) is 12.1 Å². The fourth-order valence-corrected chi connectivity index (χ4v) is 3.23. The molecule has 0 heterocycles. The minimum Gasteiger partial charge on any atom is -0.385 e. The molecule has 1 aromatic carbocycles. The highest BCUT2D eigenvalue weighted by atomic mass is 16.3. The molecule has 1 aliphatic rings. The molecule has 0 saturated heterocycles. The normalized spacial score (nSPS) is 29.4. The van der Waals surface area contributed by atoms with Gasteiger partial charge in [0.2, 0.25) is 0 Å². The van der Waals surface area contributed by atoms with E-state index >= 15 is 0 Å². The number of aryl methyl sites for hydroxylation is 3. The zero-order valence-corrected chi connectivity index (χ0v) is 11.5. The topological polar surface area (TPSA) is 20.2 Å². The van der Waals surface area contributed by atoms with Gasteiger partial charge in [-0.2, -0.15) is 0 Å². The monoisotopic (exact) mass is 232 g/mol. The van der Waals surface area contributed by atoms with E-state index in [1.165, 1.54) is 23.1 Å². The molecule has 2 atom stereocenters. The zero-order chi connectivity index (χ0) is 12.6. The Hall–Kier alpha value is -0.820. The van der Waals surface area contributed by atoms with Crippen molar-refractivity contribution in [3.8, 4) is 0 Å². The van der Waals surface area contributed by atoms with Crippen molar-refractivity contribution >= 4 is 0 Å². The average molecular weight is 232 g/mol. The second kappa shape index (κ2) is 4.45. The number of hydrogen-bond acceptors (Lipinski definition) is 1. The summed E-state index contributed by atoms with van der Waals surface area (Å²) in [6, 6.07) is 4.41. The lowest BCUT2D eigenvalue weighted by atomic mass is 9.73. The molecule has 1 nitrogen and oxygen atoms in total. The van der Waals surface area contributed by atoms with E-state index in [2.05, 4.69) is 39.8 Å². The molecule has 0 spiro atoms. The van der Waals surface area contributed by atoms with Crippen LogP contribution in [0.25, 0.3) is 0 Å². The van der Waals surface area contributed by atoms with Crippen LogP contribution in [0.5, 0.6) is 0 Å². The third-order valence-corrected chi connectivity index (χ3v) is 4.32. The van der Waals surface area contributed by atoms with E-state index in [4.69, 9.17) is 0 Å². The smallest absolute Gasteiger partial charge is 0.0901 e. The van der Waals surface area contributed by atoms with Crippen LogP contribution < -0.4 is 0 Å². The molecular weight excluding hydrogens is 208 g/mol. The molecule has 17 heavy (non-hydrogen) atoms. The Morgan fingerprint density at radius 3 is 2.41 bits per heavy atom. The molecule has 2 rings (SSSR count). The number of rotatable bonds is 1. The Balaban J connectivity index is 2.41. The summed E-state index contributed by atoms with van der Waals surface area (Å²) >= 11 is 0. The zero-order valence-electron chi connectivity index (χ0n) is 11.5. The number of aliphatic hydroxyl groups is 1. The summed E-state index contributed by atoms with van der Waals surface area (Å²) in [5, 5.41) is 10.9. The van der Waals surface area contributed by atoms with E-state index in [0.29, 0.717) is 5.92 Å². The van der Waals surface area contributed by atoms with Crippen molar-refractivity contribution in [3.63, 3.8) is 0 Å². The molecule has 0 aliphatic heterocycles. The molecule has 1 saturated carbocycles. The standard InChI is InChI=1S/C16H24O/c1-11-6-5-7-16(17,10-11)15-9-13(3)12(2)8-14(15)4/h8-9,11,17H,5-7,10H2,1-4H3. The summed E-state index contributed by atoms with van der Waals surface area (Å²) in [7, 11) is 0. The van der Waals surface area contributed by atoms with E-state index < -0.39 is 5.60 Å². The lowest BCUT2D eigenvalue weighted by Gasteiger charge is -2.37. The first kappa shape index (κ1) is 12.6. The van der Waals surface area contributed by atoms with Gasteiger partial charge in [0.05, 0.1) is 5.60 Å². The summed E-state index contributed by atoms with van der Waals surface area (Å²) < 4.78 is 0. The molecule has 2 unspecified atom stereocenters. The van der Waals surface area contributed by atoms with Gasteiger partial charge in [-0.05, 0) is 68.2 Å². The van der Waals surface area contributed by atoms with Crippen LogP contribution in [0.4, 0.5) is 0 Å².